The Labute approximate surface area is 316 Å². The molecule has 6 heteroatoms. The van der Waals surface area contributed by atoms with Crippen LogP contribution in [0.2, 0.25) is 0 Å². The van der Waals surface area contributed by atoms with Gasteiger partial charge in [0.25, 0.3) is 0 Å². The fourth-order valence-corrected chi connectivity index (χ4v) is 7.61. The highest BCUT2D eigenvalue weighted by Gasteiger charge is 2.16. The number of pyridine rings is 2. The lowest BCUT2D eigenvalue weighted by Gasteiger charge is -2.11. The zero-order chi connectivity index (χ0) is 36.3. The summed E-state index contributed by atoms with van der Waals surface area (Å²) in [6.45, 7) is 0. The lowest BCUT2D eigenvalue weighted by Crippen LogP contribution is -2.00. The van der Waals surface area contributed by atoms with Gasteiger partial charge in [0.15, 0.2) is 23.1 Å². The van der Waals surface area contributed by atoms with Gasteiger partial charge in [-0.15, -0.1) is 0 Å². The number of hydrogen-bond acceptors (Lipinski definition) is 5. The molecule has 0 fully saturated rings. The molecule has 4 heterocycles. The molecule has 0 atom stereocenters. The third-order valence-corrected chi connectivity index (χ3v) is 10.4. The largest absolute Gasteiger partial charge is 0.284 e. The maximum absolute atomic E-state index is 5.18. The van der Waals surface area contributed by atoms with Gasteiger partial charge in [0.2, 0.25) is 0 Å². The minimum atomic E-state index is 0.629. The summed E-state index contributed by atoms with van der Waals surface area (Å²) in [6.07, 6.45) is 2.02. The zero-order valence-corrected chi connectivity index (χ0v) is 29.5. The second-order valence-electron chi connectivity index (χ2n) is 13.8. The van der Waals surface area contributed by atoms with Crippen LogP contribution in [-0.2, 0) is 0 Å². The minimum Gasteiger partial charge on any atom is -0.284 e. The molecule has 6 nitrogen and oxygen atoms in total. The third-order valence-electron chi connectivity index (χ3n) is 10.4. The maximum Gasteiger partial charge on any atom is 0.165 e. The summed E-state index contributed by atoms with van der Waals surface area (Å²) in [5.41, 5.74) is 9.68. The number of nitrogens with zero attached hydrogens (tertiary/aromatic N) is 6. The van der Waals surface area contributed by atoms with Crippen LogP contribution in [-0.4, -0.2) is 29.3 Å². The van der Waals surface area contributed by atoms with Crippen LogP contribution < -0.4 is 0 Å². The Kier molecular flexibility index (Phi) is 7.07. The predicted molar refractivity (Wildman–Crippen MR) is 224 cm³/mol. The van der Waals surface area contributed by atoms with Crippen molar-refractivity contribution in [1.82, 2.24) is 29.3 Å². The number of aromatic nitrogens is 6. The first-order valence-electron chi connectivity index (χ1n) is 18.3. The van der Waals surface area contributed by atoms with Gasteiger partial charge >= 0.3 is 0 Å². The lowest BCUT2D eigenvalue weighted by atomic mass is 9.99. The Hall–Kier alpha value is -7.57. The molecule has 0 aliphatic carbocycles. The van der Waals surface area contributed by atoms with Crippen LogP contribution in [0.25, 0.3) is 106 Å². The van der Waals surface area contributed by atoms with Gasteiger partial charge in [0.1, 0.15) is 11.2 Å². The summed E-state index contributed by atoms with van der Waals surface area (Å²) in [4.78, 5) is 25.2. The smallest absolute Gasteiger partial charge is 0.165 e. The molecule has 256 valence electrons. The number of imidazole rings is 1. The molecule has 0 bridgehead atoms. The number of hydrogen-bond donors (Lipinski definition) is 0. The van der Waals surface area contributed by atoms with Crippen LogP contribution in [0.4, 0.5) is 0 Å². The molecule has 0 N–H and O–H groups in total. The fourth-order valence-electron chi connectivity index (χ4n) is 7.61. The lowest BCUT2D eigenvalue weighted by molar-refractivity contribution is 1.08. The maximum atomic E-state index is 5.18. The number of rotatable bonds is 5. The first kappa shape index (κ1) is 31.0. The van der Waals surface area contributed by atoms with E-state index in [9.17, 15) is 0 Å². The Balaban J connectivity index is 0.966. The highest BCUT2D eigenvalue weighted by Crippen LogP contribution is 2.35. The van der Waals surface area contributed by atoms with Gasteiger partial charge in [-0.1, -0.05) is 152 Å². The molecular weight excluding hydrogens is 673 g/mol. The van der Waals surface area contributed by atoms with E-state index in [0.29, 0.717) is 17.5 Å². The van der Waals surface area contributed by atoms with E-state index in [2.05, 4.69) is 162 Å². The molecule has 0 radical (unpaired) electrons. The monoisotopic (exact) mass is 702 g/mol. The normalized spacial score (nSPS) is 11.6. The highest BCUT2D eigenvalue weighted by molar-refractivity contribution is 6.09. The van der Waals surface area contributed by atoms with E-state index >= 15 is 0 Å². The molecule has 11 aromatic rings. The van der Waals surface area contributed by atoms with E-state index in [0.717, 1.165) is 77.4 Å². The molecule has 55 heavy (non-hydrogen) atoms. The van der Waals surface area contributed by atoms with Gasteiger partial charge in [-0.25, -0.2) is 24.9 Å². The molecule has 4 aromatic heterocycles. The van der Waals surface area contributed by atoms with Crippen molar-refractivity contribution in [2.75, 3.05) is 0 Å². The Morgan fingerprint density at radius 3 is 1.42 bits per heavy atom. The van der Waals surface area contributed by atoms with E-state index in [-0.39, 0.29) is 0 Å². The molecule has 0 amide bonds. The molecule has 0 unspecified atom stereocenters. The van der Waals surface area contributed by atoms with Crippen LogP contribution in [0, 0.1) is 0 Å². The van der Waals surface area contributed by atoms with Crippen LogP contribution in [0.3, 0.4) is 0 Å². The molecule has 0 saturated heterocycles. The van der Waals surface area contributed by atoms with Gasteiger partial charge in [0.05, 0.1) is 5.69 Å². The number of fused-ring (bicyclic) bond motifs is 7. The van der Waals surface area contributed by atoms with E-state index in [1.807, 2.05) is 24.4 Å². The summed E-state index contributed by atoms with van der Waals surface area (Å²) in [6, 6.07) is 61.0. The van der Waals surface area contributed by atoms with E-state index in [1.54, 1.807) is 0 Å². The van der Waals surface area contributed by atoms with Crippen LogP contribution in [0.5, 0.6) is 0 Å². The van der Waals surface area contributed by atoms with Crippen LogP contribution >= 0.6 is 0 Å². The van der Waals surface area contributed by atoms with Crippen molar-refractivity contribution in [3.05, 3.63) is 182 Å². The standard InChI is InChI=1S/C49H30N6/c1-3-11-37-29-39(26-20-31(37)9-1)47-52-46(53-48(54-47)40-27-21-32-10-2-4-12-38(32)30-40)36-24-18-34(19-25-36)33-16-22-35(23-17-33)44-41-13-5-6-14-42(41)45-49(51-44)55-28-8-7-15-43(55)50-45/h1-30H. The minimum absolute atomic E-state index is 0.629. The third kappa shape index (κ3) is 5.39. The second kappa shape index (κ2) is 12.5. The average Bonchev–Trinajstić information content (AvgIpc) is 3.65. The summed E-state index contributed by atoms with van der Waals surface area (Å²) >= 11 is 0. The topological polar surface area (TPSA) is 68.9 Å². The van der Waals surface area contributed by atoms with Crippen molar-refractivity contribution in [2.24, 2.45) is 0 Å². The van der Waals surface area contributed by atoms with Gasteiger partial charge in [0, 0.05) is 39.2 Å². The van der Waals surface area contributed by atoms with E-state index in [4.69, 9.17) is 24.9 Å². The molecule has 0 saturated carbocycles. The van der Waals surface area contributed by atoms with E-state index < -0.39 is 0 Å². The SMILES string of the molecule is c1ccc2cc(-c3nc(-c4ccc(-c5ccc(-c6nc7c(nc8ccccn87)c7ccccc67)cc5)cc4)nc(-c4ccc5ccccc5c4)n3)ccc2c1. The van der Waals surface area contributed by atoms with Crippen molar-refractivity contribution in [1.29, 1.82) is 0 Å². The Bertz CT molecular complexity index is 3160. The number of benzene rings is 7. The predicted octanol–water partition coefficient (Wildman–Crippen LogP) is 11.9. The van der Waals surface area contributed by atoms with Crippen molar-refractivity contribution in [2.45, 2.75) is 0 Å². The summed E-state index contributed by atoms with van der Waals surface area (Å²) in [5.74, 6) is 1.91. The van der Waals surface area contributed by atoms with Gasteiger partial charge < -0.3 is 0 Å². The van der Waals surface area contributed by atoms with Crippen molar-refractivity contribution >= 4 is 49.1 Å². The molecule has 0 aliphatic heterocycles. The average molecular weight is 703 g/mol. The highest BCUT2D eigenvalue weighted by atomic mass is 15.1. The van der Waals surface area contributed by atoms with Gasteiger partial charge in [-0.2, -0.15) is 0 Å². The first-order chi connectivity index (χ1) is 27.2. The zero-order valence-electron chi connectivity index (χ0n) is 29.5. The summed E-state index contributed by atoms with van der Waals surface area (Å²) in [5, 5.41) is 6.82. The summed E-state index contributed by atoms with van der Waals surface area (Å²) < 4.78 is 2.06. The molecule has 0 aliphatic rings. The quantitative estimate of drug-likeness (QED) is 0.179. The van der Waals surface area contributed by atoms with Gasteiger partial charge in [-0.3, -0.25) is 4.40 Å². The molecule has 0 spiro atoms. The van der Waals surface area contributed by atoms with Crippen molar-refractivity contribution < 1.29 is 0 Å². The fraction of sp³-hybridized carbons (Fsp3) is 0. The second-order valence-corrected chi connectivity index (χ2v) is 13.8. The van der Waals surface area contributed by atoms with Crippen LogP contribution in [0.15, 0.2) is 182 Å². The first-order valence-corrected chi connectivity index (χ1v) is 18.3. The molecule has 11 rings (SSSR count). The van der Waals surface area contributed by atoms with Crippen molar-refractivity contribution in [3.8, 4) is 56.5 Å². The van der Waals surface area contributed by atoms with Crippen molar-refractivity contribution in [3.63, 3.8) is 0 Å². The molecular formula is C49H30N6. The Morgan fingerprint density at radius 2 is 0.800 bits per heavy atom. The van der Waals surface area contributed by atoms with Crippen LogP contribution in [0.1, 0.15) is 0 Å². The van der Waals surface area contributed by atoms with E-state index in [1.165, 1.54) is 10.8 Å². The Morgan fingerprint density at radius 1 is 0.327 bits per heavy atom. The van der Waals surface area contributed by atoms with Gasteiger partial charge in [-0.05, 0) is 56.9 Å². The molecule has 7 aromatic carbocycles. The summed E-state index contributed by atoms with van der Waals surface area (Å²) in [7, 11) is 0.